The maximum absolute atomic E-state index is 11.6. The van der Waals surface area contributed by atoms with Gasteiger partial charge in [-0.15, -0.1) is 0 Å². The van der Waals surface area contributed by atoms with Crippen LogP contribution in [0.4, 0.5) is 0 Å². The molecule has 0 spiro atoms. The first-order valence-corrected chi connectivity index (χ1v) is 6.48. The molecule has 2 amide bonds. The summed E-state index contributed by atoms with van der Waals surface area (Å²) in [6, 6.07) is 5.42. The van der Waals surface area contributed by atoms with Crippen molar-refractivity contribution < 1.29 is 14.3 Å². The lowest BCUT2D eigenvalue weighted by molar-refractivity contribution is -0.139. The molecule has 108 valence electrons. The molecule has 1 aromatic carbocycles. The Bertz CT molecular complexity index is 530. The van der Waals surface area contributed by atoms with Crippen LogP contribution in [0.2, 0.25) is 0 Å². The Kier molecular flexibility index (Phi) is 4.36. The van der Waals surface area contributed by atoms with Crippen LogP contribution in [0.25, 0.3) is 0 Å². The number of hydrogen-bond acceptors (Lipinski definition) is 5. The summed E-state index contributed by atoms with van der Waals surface area (Å²) in [4.78, 5) is 24.9. The minimum Gasteiger partial charge on any atom is -0.496 e. The predicted molar refractivity (Wildman–Crippen MR) is 73.9 cm³/mol. The van der Waals surface area contributed by atoms with E-state index in [2.05, 4.69) is 5.32 Å². The zero-order valence-corrected chi connectivity index (χ0v) is 11.7. The number of nitrogens with zero attached hydrogens (tertiary/aromatic N) is 1. The molecule has 1 aliphatic rings. The highest BCUT2D eigenvalue weighted by atomic mass is 16.5. The molecule has 20 heavy (non-hydrogen) atoms. The molecule has 0 aromatic heterocycles. The summed E-state index contributed by atoms with van der Waals surface area (Å²) in [7, 11) is 1.60. The summed E-state index contributed by atoms with van der Waals surface area (Å²) >= 11 is 0. The Morgan fingerprint density at radius 3 is 2.85 bits per heavy atom. The third kappa shape index (κ3) is 2.97. The van der Waals surface area contributed by atoms with Gasteiger partial charge in [0.2, 0.25) is 11.8 Å². The smallest absolute Gasteiger partial charge is 0.243 e. The minimum atomic E-state index is -0.326. The monoisotopic (exact) mass is 277 g/mol. The Labute approximate surface area is 117 Å². The Morgan fingerprint density at radius 1 is 1.45 bits per heavy atom. The summed E-state index contributed by atoms with van der Waals surface area (Å²) in [5, 5.41) is 2.32. The summed E-state index contributed by atoms with van der Waals surface area (Å²) in [6.07, 6.45) is 0. The van der Waals surface area contributed by atoms with Crippen LogP contribution >= 0.6 is 0 Å². The van der Waals surface area contributed by atoms with Crippen LogP contribution in [-0.2, 0) is 22.7 Å². The molecular weight excluding hydrogens is 258 g/mol. The number of piperazine rings is 1. The maximum atomic E-state index is 11.6. The average molecular weight is 277 g/mol. The van der Waals surface area contributed by atoms with Crippen LogP contribution < -0.4 is 15.8 Å². The number of ether oxygens (including phenoxy) is 1. The van der Waals surface area contributed by atoms with Crippen LogP contribution in [0.15, 0.2) is 18.2 Å². The molecule has 1 unspecified atom stereocenters. The number of imide groups is 1. The molecule has 1 atom stereocenters. The second-order valence-corrected chi connectivity index (χ2v) is 4.84. The molecule has 0 bridgehead atoms. The normalized spacial score (nSPS) is 19.9. The quantitative estimate of drug-likeness (QED) is 0.757. The SMILES string of the molecule is COc1cc(CN2CC(=O)NC(=O)C2C)ccc1CN. The summed E-state index contributed by atoms with van der Waals surface area (Å²) in [6.45, 7) is 2.92. The van der Waals surface area contributed by atoms with Crippen molar-refractivity contribution in [2.24, 2.45) is 5.73 Å². The van der Waals surface area contributed by atoms with Gasteiger partial charge >= 0.3 is 0 Å². The number of carbonyl (C=O) groups is 2. The lowest BCUT2D eigenvalue weighted by Crippen LogP contribution is -2.56. The van der Waals surface area contributed by atoms with Gasteiger partial charge in [-0.05, 0) is 18.6 Å². The molecule has 6 nitrogen and oxygen atoms in total. The summed E-state index contributed by atoms with van der Waals surface area (Å²) < 4.78 is 5.29. The van der Waals surface area contributed by atoms with Gasteiger partial charge in [-0.1, -0.05) is 12.1 Å². The molecule has 1 saturated heterocycles. The van der Waals surface area contributed by atoms with E-state index in [1.165, 1.54) is 0 Å². The molecule has 0 saturated carbocycles. The number of methoxy groups -OCH3 is 1. The van der Waals surface area contributed by atoms with E-state index in [4.69, 9.17) is 10.5 Å². The van der Waals surface area contributed by atoms with Crippen molar-refractivity contribution in [1.29, 1.82) is 0 Å². The Balaban J connectivity index is 2.16. The van der Waals surface area contributed by atoms with Crippen LogP contribution in [0.3, 0.4) is 0 Å². The van der Waals surface area contributed by atoms with Crippen LogP contribution in [0, 0.1) is 0 Å². The second kappa shape index (κ2) is 6.02. The number of hydrogen-bond donors (Lipinski definition) is 2. The lowest BCUT2D eigenvalue weighted by atomic mass is 10.1. The summed E-state index contributed by atoms with van der Waals surface area (Å²) in [5.74, 6) is 0.205. The predicted octanol–water partition coefficient (Wildman–Crippen LogP) is 0.000800. The van der Waals surface area contributed by atoms with E-state index in [0.717, 1.165) is 16.9 Å². The van der Waals surface area contributed by atoms with Gasteiger partial charge in [0.05, 0.1) is 19.7 Å². The van der Waals surface area contributed by atoms with Crippen LogP contribution in [0.5, 0.6) is 5.75 Å². The fourth-order valence-corrected chi connectivity index (χ4v) is 2.25. The Morgan fingerprint density at radius 2 is 2.20 bits per heavy atom. The number of rotatable bonds is 4. The Hall–Kier alpha value is -1.92. The molecule has 1 aliphatic heterocycles. The molecule has 0 aliphatic carbocycles. The fourth-order valence-electron chi connectivity index (χ4n) is 2.25. The zero-order valence-electron chi connectivity index (χ0n) is 11.7. The third-order valence-electron chi connectivity index (χ3n) is 3.49. The molecule has 6 heteroatoms. The topological polar surface area (TPSA) is 84.7 Å². The standard InChI is InChI=1S/C14H19N3O3/c1-9-14(19)16-13(18)8-17(9)7-10-3-4-11(6-15)12(5-10)20-2/h3-5,9H,6-8,15H2,1-2H3,(H,16,18,19). The van der Waals surface area contributed by atoms with Gasteiger partial charge in [-0.25, -0.2) is 0 Å². The van der Waals surface area contributed by atoms with Gasteiger partial charge in [0.25, 0.3) is 0 Å². The maximum Gasteiger partial charge on any atom is 0.243 e. The van der Waals surface area contributed by atoms with E-state index in [-0.39, 0.29) is 24.4 Å². The first-order valence-electron chi connectivity index (χ1n) is 6.48. The molecule has 3 N–H and O–H groups in total. The first-order chi connectivity index (χ1) is 9.55. The number of benzene rings is 1. The number of nitrogens with one attached hydrogen (secondary N) is 1. The van der Waals surface area contributed by atoms with E-state index in [1.54, 1.807) is 14.0 Å². The van der Waals surface area contributed by atoms with Gasteiger partial charge in [0, 0.05) is 18.7 Å². The number of nitrogens with two attached hydrogens (primary N) is 1. The van der Waals surface area contributed by atoms with Gasteiger partial charge in [-0.2, -0.15) is 0 Å². The van der Waals surface area contributed by atoms with E-state index in [1.807, 2.05) is 23.1 Å². The van der Waals surface area contributed by atoms with Crippen molar-refractivity contribution in [2.45, 2.75) is 26.1 Å². The molecule has 0 radical (unpaired) electrons. The molecule has 1 aromatic rings. The molecule has 2 rings (SSSR count). The number of carbonyl (C=O) groups excluding carboxylic acids is 2. The molecule has 1 heterocycles. The molecular formula is C14H19N3O3. The van der Waals surface area contributed by atoms with E-state index < -0.39 is 0 Å². The third-order valence-corrected chi connectivity index (χ3v) is 3.49. The zero-order chi connectivity index (χ0) is 14.7. The van der Waals surface area contributed by atoms with Crippen molar-refractivity contribution >= 4 is 11.8 Å². The fraction of sp³-hybridized carbons (Fsp3) is 0.429. The second-order valence-electron chi connectivity index (χ2n) is 4.84. The highest BCUT2D eigenvalue weighted by Crippen LogP contribution is 2.21. The average Bonchev–Trinajstić information content (AvgIpc) is 2.44. The van der Waals surface area contributed by atoms with Gasteiger partial charge in [0.15, 0.2) is 0 Å². The van der Waals surface area contributed by atoms with Gasteiger partial charge in [-0.3, -0.25) is 19.8 Å². The minimum absolute atomic E-state index is 0.216. The van der Waals surface area contributed by atoms with Crippen molar-refractivity contribution in [3.8, 4) is 5.75 Å². The largest absolute Gasteiger partial charge is 0.496 e. The van der Waals surface area contributed by atoms with E-state index in [0.29, 0.717) is 13.1 Å². The highest BCUT2D eigenvalue weighted by molar-refractivity contribution is 6.00. The lowest BCUT2D eigenvalue weighted by Gasteiger charge is -2.31. The van der Waals surface area contributed by atoms with Crippen molar-refractivity contribution in [3.05, 3.63) is 29.3 Å². The van der Waals surface area contributed by atoms with Crippen LogP contribution in [0.1, 0.15) is 18.1 Å². The van der Waals surface area contributed by atoms with Crippen molar-refractivity contribution in [2.75, 3.05) is 13.7 Å². The van der Waals surface area contributed by atoms with E-state index >= 15 is 0 Å². The van der Waals surface area contributed by atoms with Crippen molar-refractivity contribution in [3.63, 3.8) is 0 Å². The van der Waals surface area contributed by atoms with Gasteiger partial charge < -0.3 is 10.5 Å². The van der Waals surface area contributed by atoms with Crippen LogP contribution in [-0.4, -0.2) is 36.4 Å². The number of amides is 2. The van der Waals surface area contributed by atoms with Gasteiger partial charge in [0.1, 0.15) is 5.75 Å². The summed E-state index contributed by atoms with van der Waals surface area (Å²) in [5.41, 5.74) is 7.54. The van der Waals surface area contributed by atoms with Crippen molar-refractivity contribution in [1.82, 2.24) is 10.2 Å². The first kappa shape index (κ1) is 14.5. The molecule has 1 fully saturated rings. The highest BCUT2D eigenvalue weighted by Gasteiger charge is 2.30. The van der Waals surface area contributed by atoms with E-state index in [9.17, 15) is 9.59 Å².